The van der Waals surface area contributed by atoms with Crippen LogP contribution in [0.15, 0.2) is 71.5 Å². The van der Waals surface area contributed by atoms with E-state index in [-0.39, 0.29) is 28.7 Å². The summed E-state index contributed by atoms with van der Waals surface area (Å²) in [5.74, 6) is 1.77. The Morgan fingerprint density at radius 1 is 0.920 bits per heavy atom. The van der Waals surface area contributed by atoms with Crippen LogP contribution >= 0.6 is 0 Å². The second-order valence-electron chi connectivity index (χ2n) is 14.4. The van der Waals surface area contributed by atoms with Crippen molar-refractivity contribution in [3.63, 3.8) is 0 Å². The summed E-state index contributed by atoms with van der Waals surface area (Å²) in [5.41, 5.74) is 6.50. The number of rotatable bonds is 8. The molecule has 0 bridgehead atoms. The van der Waals surface area contributed by atoms with Gasteiger partial charge in [0, 0.05) is 18.4 Å². The second-order valence-corrected chi connectivity index (χ2v) is 14.4. The molecule has 1 amide bonds. The van der Waals surface area contributed by atoms with Crippen molar-refractivity contribution in [3.8, 4) is 22.9 Å². The lowest BCUT2D eigenvalue weighted by atomic mass is 9.69. The molecule has 7 rings (SSSR count). The molecule has 5 aromatic rings. The van der Waals surface area contributed by atoms with Gasteiger partial charge in [0.05, 0.1) is 49.5 Å². The van der Waals surface area contributed by atoms with Crippen molar-refractivity contribution in [2.75, 3.05) is 26.6 Å². The first-order chi connectivity index (χ1) is 24.0. The van der Waals surface area contributed by atoms with Crippen LogP contribution in [-0.4, -0.2) is 41.6 Å². The smallest absolute Gasteiger partial charge is 0.295 e. The van der Waals surface area contributed by atoms with E-state index in [0.717, 1.165) is 63.9 Å². The van der Waals surface area contributed by atoms with Gasteiger partial charge < -0.3 is 19.5 Å². The minimum absolute atomic E-state index is 0.0621. The molecule has 2 aromatic heterocycles. The fourth-order valence-electron chi connectivity index (χ4n) is 7.38. The Balaban J connectivity index is 1.41. The van der Waals surface area contributed by atoms with Crippen LogP contribution in [0.2, 0.25) is 0 Å². The molecular weight excluding hydrogens is 628 g/mol. The van der Waals surface area contributed by atoms with Gasteiger partial charge in [0.25, 0.3) is 11.5 Å². The summed E-state index contributed by atoms with van der Waals surface area (Å²) in [7, 11) is 6.70. The number of para-hydroxylation sites is 2. The molecule has 50 heavy (non-hydrogen) atoms. The van der Waals surface area contributed by atoms with Gasteiger partial charge in [-0.3, -0.25) is 14.3 Å². The molecule has 9 nitrogen and oxygen atoms in total. The maximum atomic E-state index is 14.8. The van der Waals surface area contributed by atoms with Crippen LogP contribution in [0.1, 0.15) is 78.8 Å². The van der Waals surface area contributed by atoms with E-state index in [4.69, 9.17) is 19.2 Å². The summed E-state index contributed by atoms with van der Waals surface area (Å²) in [5, 5.41) is 3.93. The van der Waals surface area contributed by atoms with Crippen molar-refractivity contribution in [1.82, 2.24) is 14.3 Å². The maximum absolute atomic E-state index is 14.8. The third-order valence-electron chi connectivity index (χ3n) is 10.2. The van der Waals surface area contributed by atoms with E-state index in [2.05, 4.69) is 32.2 Å². The molecular formula is C41H44N4O5. The molecule has 2 aliphatic rings. The summed E-state index contributed by atoms with van der Waals surface area (Å²) in [6.07, 6.45) is 5.51. The Morgan fingerprint density at radius 3 is 2.20 bits per heavy atom. The van der Waals surface area contributed by atoms with Crippen molar-refractivity contribution in [2.45, 2.75) is 52.4 Å². The Bertz CT molecular complexity index is 2180. The fourth-order valence-corrected chi connectivity index (χ4v) is 7.38. The lowest BCUT2D eigenvalue weighted by Gasteiger charge is -2.37. The molecule has 3 aromatic carbocycles. The van der Waals surface area contributed by atoms with Crippen LogP contribution in [0, 0.1) is 11.3 Å². The van der Waals surface area contributed by atoms with Crippen LogP contribution in [0.3, 0.4) is 0 Å². The number of nitrogens with one attached hydrogen (secondary N) is 1. The van der Waals surface area contributed by atoms with E-state index in [9.17, 15) is 9.59 Å². The number of carbonyl (C=O) groups excluding carboxylic acids is 1. The zero-order valence-corrected chi connectivity index (χ0v) is 29.8. The summed E-state index contributed by atoms with van der Waals surface area (Å²) in [4.78, 5) is 34.1. The summed E-state index contributed by atoms with van der Waals surface area (Å²) < 4.78 is 20.5. The number of hydrogen-bond acceptors (Lipinski definition) is 6. The molecule has 1 fully saturated rings. The predicted molar refractivity (Wildman–Crippen MR) is 198 cm³/mol. The number of anilines is 1. The second kappa shape index (κ2) is 12.9. The molecule has 0 spiro atoms. The molecule has 1 unspecified atom stereocenters. The average Bonchev–Trinajstić information content (AvgIpc) is 3.91. The highest BCUT2D eigenvalue weighted by molar-refractivity contribution is 6.14. The largest absolute Gasteiger partial charge is 0.493 e. The van der Waals surface area contributed by atoms with Gasteiger partial charge in [0.1, 0.15) is 5.69 Å². The number of ether oxygens (including phenoxy) is 3. The van der Waals surface area contributed by atoms with Crippen LogP contribution < -0.4 is 25.1 Å². The molecule has 1 N–H and O–H groups in total. The van der Waals surface area contributed by atoms with Gasteiger partial charge in [-0.1, -0.05) is 57.2 Å². The summed E-state index contributed by atoms with van der Waals surface area (Å²) in [6, 6.07) is 21.2. The number of amides is 1. The van der Waals surface area contributed by atoms with Crippen molar-refractivity contribution < 1.29 is 19.0 Å². The van der Waals surface area contributed by atoms with E-state index < -0.39 is 0 Å². The van der Waals surface area contributed by atoms with Crippen molar-refractivity contribution in [3.05, 3.63) is 105 Å². The SMILES string of the molecule is COc1cc(/C=C2/CC(C(C)(C)C)Cc3c2nc2ccccc2c3C(=O)Nc2c(C3CC3)n(C)n(-c3ccccc3)c2=O)cc(OC)c1OC. The zero-order valence-electron chi connectivity index (χ0n) is 29.8. The number of carbonyl (C=O) groups is 1. The normalized spacial score (nSPS) is 16.7. The minimum Gasteiger partial charge on any atom is -0.493 e. The molecule has 0 saturated heterocycles. The fraction of sp³-hybridized carbons (Fsp3) is 0.341. The quantitative estimate of drug-likeness (QED) is 0.179. The number of pyridine rings is 1. The zero-order chi connectivity index (χ0) is 35.3. The number of methoxy groups -OCH3 is 3. The van der Waals surface area contributed by atoms with E-state index in [1.165, 1.54) is 0 Å². The molecule has 2 aliphatic carbocycles. The van der Waals surface area contributed by atoms with Crippen LogP contribution in [0.5, 0.6) is 17.2 Å². The first-order valence-electron chi connectivity index (χ1n) is 17.1. The number of benzene rings is 3. The van der Waals surface area contributed by atoms with Gasteiger partial charge >= 0.3 is 0 Å². The number of nitrogens with zero attached hydrogens (tertiary/aromatic N) is 3. The van der Waals surface area contributed by atoms with Crippen LogP contribution in [0.4, 0.5) is 5.69 Å². The number of fused-ring (bicyclic) bond motifs is 2. The summed E-state index contributed by atoms with van der Waals surface area (Å²) >= 11 is 0. The third kappa shape index (κ3) is 5.84. The Kier molecular flexibility index (Phi) is 8.54. The van der Waals surface area contributed by atoms with Gasteiger partial charge in [-0.2, -0.15) is 0 Å². The van der Waals surface area contributed by atoms with E-state index in [1.54, 1.807) is 26.0 Å². The highest BCUT2D eigenvalue weighted by Crippen LogP contribution is 2.47. The Hall–Kier alpha value is -5.31. The van der Waals surface area contributed by atoms with E-state index in [0.29, 0.717) is 34.9 Å². The molecule has 2 heterocycles. The molecule has 1 saturated carbocycles. The van der Waals surface area contributed by atoms with Crippen molar-refractivity contribution in [1.29, 1.82) is 0 Å². The third-order valence-corrected chi connectivity index (χ3v) is 10.2. The van der Waals surface area contributed by atoms with Gasteiger partial charge in [0.15, 0.2) is 11.5 Å². The van der Waals surface area contributed by atoms with Crippen molar-refractivity contribution in [2.24, 2.45) is 18.4 Å². The lowest BCUT2D eigenvalue weighted by Crippen LogP contribution is -2.30. The minimum atomic E-state index is -0.300. The maximum Gasteiger partial charge on any atom is 0.295 e. The van der Waals surface area contributed by atoms with Gasteiger partial charge in [0.2, 0.25) is 5.75 Å². The lowest BCUT2D eigenvalue weighted by molar-refractivity contribution is 0.102. The molecule has 258 valence electrons. The molecule has 9 heteroatoms. The Labute approximate surface area is 292 Å². The predicted octanol–water partition coefficient (Wildman–Crippen LogP) is 8.03. The van der Waals surface area contributed by atoms with Crippen molar-refractivity contribution >= 4 is 34.1 Å². The molecule has 0 radical (unpaired) electrons. The molecule has 1 atom stereocenters. The van der Waals surface area contributed by atoms with E-state index in [1.807, 2.05) is 78.5 Å². The van der Waals surface area contributed by atoms with Crippen LogP contribution in [0.25, 0.3) is 28.2 Å². The standard InChI is InChI=1S/C41H44N4O5/c1-41(2,3)27-22-26(19-24-20-32(48-5)38(50-7)33(21-24)49-6)35-30(23-27)34(29-15-11-12-16-31(29)42-35)39(46)43-36-37(25-17-18-25)44(4)45(40(36)47)28-13-9-8-10-14-28/h8-16,19-21,25,27H,17-18,22-23H2,1-7H3,(H,43,46)/b26-19-. The number of hydrogen-bond donors (Lipinski definition) is 1. The van der Waals surface area contributed by atoms with Gasteiger partial charge in [-0.05, 0) is 90.1 Å². The summed E-state index contributed by atoms with van der Waals surface area (Å²) in [6.45, 7) is 6.73. The highest BCUT2D eigenvalue weighted by atomic mass is 16.5. The van der Waals surface area contributed by atoms with E-state index >= 15 is 0 Å². The Morgan fingerprint density at radius 2 is 1.58 bits per heavy atom. The first kappa shape index (κ1) is 33.2. The number of allylic oxidation sites excluding steroid dienone is 1. The van der Waals surface area contributed by atoms with Gasteiger partial charge in [-0.15, -0.1) is 0 Å². The van der Waals surface area contributed by atoms with Gasteiger partial charge in [-0.25, -0.2) is 9.67 Å². The average molecular weight is 673 g/mol. The monoisotopic (exact) mass is 672 g/mol. The highest BCUT2D eigenvalue weighted by Gasteiger charge is 2.37. The topological polar surface area (TPSA) is 96.6 Å². The molecule has 0 aliphatic heterocycles. The first-order valence-corrected chi connectivity index (χ1v) is 17.1. The number of aromatic nitrogens is 3. The van der Waals surface area contributed by atoms with Crippen LogP contribution in [-0.2, 0) is 13.5 Å².